The molecule has 1 aliphatic heterocycles. The molecule has 2 aliphatic rings. The fraction of sp³-hybridized carbons (Fsp3) is 0.591. The van der Waals surface area contributed by atoms with Crippen molar-refractivity contribution >= 4 is 35.8 Å². The molecule has 1 saturated heterocycles. The smallest absolute Gasteiger partial charge is 0.224 e. The second kappa shape index (κ2) is 8.51. The van der Waals surface area contributed by atoms with E-state index in [4.69, 9.17) is 12.6 Å². The largest absolute Gasteiger partial charge is 0.381 e. The summed E-state index contributed by atoms with van der Waals surface area (Å²) in [5, 5.41) is 4.10. The predicted molar refractivity (Wildman–Crippen MR) is 111 cm³/mol. The van der Waals surface area contributed by atoms with E-state index >= 15 is 0 Å². The number of ether oxygens (including phenoxy) is 1. The van der Waals surface area contributed by atoms with E-state index in [1.54, 1.807) is 0 Å². The Bertz CT molecular complexity index is 789. The van der Waals surface area contributed by atoms with Crippen LogP contribution < -0.4 is 10.8 Å². The Morgan fingerprint density at radius 1 is 1.15 bits per heavy atom. The van der Waals surface area contributed by atoms with Crippen LogP contribution in [0.2, 0.25) is 0 Å². The van der Waals surface area contributed by atoms with Crippen molar-refractivity contribution in [2.75, 3.05) is 18.5 Å². The number of rotatable bonds is 6. The van der Waals surface area contributed by atoms with Crippen molar-refractivity contribution in [2.45, 2.75) is 57.9 Å². The van der Waals surface area contributed by atoms with Gasteiger partial charge in [0.2, 0.25) is 5.91 Å². The van der Waals surface area contributed by atoms with E-state index in [0.717, 1.165) is 48.2 Å². The van der Waals surface area contributed by atoms with Crippen LogP contribution in [0.3, 0.4) is 0 Å². The molecule has 2 heterocycles. The number of anilines is 1. The number of nitrogens with zero attached hydrogens (tertiary/aromatic N) is 1. The molecule has 1 aromatic carbocycles. The third-order valence-corrected chi connectivity index (χ3v) is 6.13. The van der Waals surface area contributed by atoms with Gasteiger partial charge in [0.25, 0.3) is 0 Å². The highest BCUT2D eigenvalue weighted by Crippen LogP contribution is 2.28. The molecule has 4 nitrogen and oxygen atoms in total. The van der Waals surface area contributed by atoms with Crippen LogP contribution in [-0.2, 0) is 16.1 Å². The van der Waals surface area contributed by atoms with E-state index in [1.165, 1.54) is 38.5 Å². The van der Waals surface area contributed by atoms with Crippen molar-refractivity contribution in [3.05, 3.63) is 24.4 Å². The predicted octanol–water partition coefficient (Wildman–Crippen LogP) is 3.77. The molecular formula is C22H29BN2O2. The summed E-state index contributed by atoms with van der Waals surface area (Å²) in [6.07, 6.45) is 11.6. The van der Waals surface area contributed by atoms with Crippen molar-refractivity contribution in [1.29, 1.82) is 0 Å². The van der Waals surface area contributed by atoms with Crippen molar-refractivity contribution in [2.24, 2.45) is 11.8 Å². The molecular weight excluding hydrogens is 335 g/mol. The summed E-state index contributed by atoms with van der Waals surface area (Å²) < 4.78 is 7.51. The lowest BCUT2D eigenvalue weighted by Gasteiger charge is -2.26. The molecule has 2 fully saturated rings. The van der Waals surface area contributed by atoms with E-state index < -0.39 is 0 Å². The van der Waals surface area contributed by atoms with Gasteiger partial charge in [-0.3, -0.25) is 4.79 Å². The van der Waals surface area contributed by atoms with Crippen LogP contribution >= 0.6 is 0 Å². The molecule has 0 atom stereocenters. The average Bonchev–Trinajstić information content (AvgIpc) is 2.80. The molecule has 5 heteroatoms. The summed E-state index contributed by atoms with van der Waals surface area (Å²) in [5.41, 5.74) is 2.64. The van der Waals surface area contributed by atoms with Gasteiger partial charge in [0.05, 0.1) is 18.9 Å². The topological polar surface area (TPSA) is 43.3 Å². The molecule has 1 N–H and O–H groups in total. The Hall–Kier alpha value is -1.75. The second-order valence-corrected chi connectivity index (χ2v) is 8.28. The first kappa shape index (κ1) is 18.6. The van der Waals surface area contributed by atoms with Crippen molar-refractivity contribution in [3.8, 4) is 0 Å². The van der Waals surface area contributed by atoms with Crippen LogP contribution in [-0.4, -0.2) is 31.5 Å². The number of nitrogens with one attached hydrogen (secondary N) is 1. The lowest BCUT2D eigenvalue weighted by atomic mass is 9.92. The average molecular weight is 364 g/mol. The lowest BCUT2D eigenvalue weighted by molar-refractivity contribution is -0.116. The van der Waals surface area contributed by atoms with Crippen molar-refractivity contribution in [1.82, 2.24) is 4.57 Å². The molecule has 2 radical (unpaired) electrons. The van der Waals surface area contributed by atoms with Gasteiger partial charge in [-0.15, -0.1) is 0 Å². The van der Waals surface area contributed by atoms with Gasteiger partial charge < -0.3 is 14.6 Å². The quantitative estimate of drug-likeness (QED) is 0.626. The third-order valence-electron chi connectivity index (χ3n) is 6.13. The highest BCUT2D eigenvalue weighted by Gasteiger charge is 2.21. The maximum atomic E-state index is 12.6. The van der Waals surface area contributed by atoms with E-state index in [9.17, 15) is 4.79 Å². The normalized spacial score (nSPS) is 19.0. The Balaban J connectivity index is 1.44. The van der Waals surface area contributed by atoms with Gasteiger partial charge in [-0.25, -0.2) is 0 Å². The Kier molecular flexibility index (Phi) is 5.87. The Morgan fingerprint density at radius 3 is 2.63 bits per heavy atom. The first-order valence-corrected chi connectivity index (χ1v) is 10.5. The molecule has 0 spiro atoms. The van der Waals surface area contributed by atoms with Gasteiger partial charge >= 0.3 is 0 Å². The first-order chi connectivity index (χ1) is 13.2. The number of carbonyl (C=O) groups is 1. The van der Waals surface area contributed by atoms with Gasteiger partial charge in [0.1, 0.15) is 7.85 Å². The van der Waals surface area contributed by atoms with E-state index in [-0.39, 0.29) is 5.91 Å². The van der Waals surface area contributed by atoms with Crippen LogP contribution in [0.15, 0.2) is 24.4 Å². The third kappa shape index (κ3) is 4.40. The van der Waals surface area contributed by atoms with Gasteiger partial charge in [-0.2, -0.15) is 0 Å². The van der Waals surface area contributed by atoms with Crippen molar-refractivity contribution < 1.29 is 9.53 Å². The van der Waals surface area contributed by atoms with Crippen LogP contribution in [0.1, 0.15) is 51.4 Å². The number of benzene rings is 1. The Morgan fingerprint density at radius 2 is 1.93 bits per heavy atom. The minimum atomic E-state index is 0.105. The molecule has 0 bridgehead atoms. The molecule has 4 rings (SSSR count). The summed E-state index contributed by atoms with van der Waals surface area (Å²) in [7, 11) is 6.24. The van der Waals surface area contributed by atoms with Gasteiger partial charge in [0.15, 0.2) is 0 Å². The molecule has 1 amide bonds. The van der Waals surface area contributed by atoms with Crippen LogP contribution in [0.25, 0.3) is 10.9 Å². The standard InChI is InChI=1S/C22H29BN2O2/c23-18-8-5-9-20-22(18)19(13-25(20)12-17-14-27-15-17)24-21(26)11-10-16-6-3-1-2-4-7-16/h5,8-9,13,16-17H,1-4,6-7,10-12,14-15H2,(H,24,26). The molecule has 27 heavy (non-hydrogen) atoms. The molecule has 1 aliphatic carbocycles. The number of carbonyl (C=O) groups excluding carboxylic acids is 1. The molecule has 0 unspecified atom stereocenters. The van der Waals surface area contributed by atoms with E-state index in [0.29, 0.717) is 18.3 Å². The highest BCUT2D eigenvalue weighted by atomic mass is 16.5. The number of hydrogen-bond acceptors (Lipinski definition) is 2. The number of aromatic nitrogens is 1. The SMILES string of the molecule is [B]c1cccc2c1c(NC(=O)CCC1CCCCCC1)cn2CC1COC1. The van der Waals surface area contributed by atoms with Crippen LogP contribution in [0.4, 0.5) is 5.69 Å². The second-order valence-electron chi connectivity index (χ2n) is 8.28. The van der Waals surface area contributed by atoms with Crippen LogP contribution in [0, 0.1) is 11.8 Å². The molecule has 2 aromatic rings. The minimum absolute atomic E-state index is 0.105. The zero-order valence-electron chi connectivity index (χ0n) is 16.1. The molecule has 1 saturated carbocycles. The van der Waals surface area contributed by atoms with E-state index in [2.05, 4.69) is 16.0 Å². The summed E-state index contributed by atoms with van der Waals surface area (Å²) in [6.45, 7) is 2.52. The first-order valence-electron chi connectivity index (χ1n) is 10.5. The maximum Gasteiger partial charge on any atom is 0.224 e. The highest BCUT2D eigenvalue weighted by molar-refractivity contribution is 6.40. The van der Waals surface area contributed by atoms with Gasteiger partial charge in [-0.05, 0) is 18.4 Å². The number of hydrogen-bond donors (Lipinski definition) is 1. The maximum absolute atomic E-state index is 12.6. The fourth-order valence-corrected chi connectivity index (χ4v) is 4.49. The summed E-state index contributed by atoms with van der Waals surface area (Å²) in [5.74, 6) is 1.36. The summed E-state index contributed by atoms with van der Waals surface area (Å²) in [4.78, 5) is 12.6. The Labute approximate surface area is 163 Å². The zero-order valence-corrected chi connectivity index (χ0v) is 16.1. The molecule has 1 aromatic heterocycles. The zero-order chi connectivity index (χ0) is 18.6. The minimum Gasteiger partial charge on any atom is -0.381 e. The summed E-state index contributed by atoms with van der Waals surface area (Å²) >= 11 is 0. The monoisotopic (exact) mass is 364 g/mol. The van der Waals surface area contributed by atoms with Gasteiger partial charge in [0, 0.05) is 36.0 Å². The molecule has 142 valence electrons. The lowest BCUT2D eigenvalue weighted by Crippen LogP contribution is -2.31. The fourth-order valence-electron chi connectivity index (χ4n) is 4.49. The number of fused-ring (bicyclic) bond motifs is 1. The van der Waals surface area contributed by atoms with Crippen LogP contribution in [0.5, 0.6) is 0 Å². The van der Waals surface area contributed by atoms with Gasteiger partial charge in [-0.1, -0.05) is 56.1 Å². The van der Waals surface area contributed by atoms with Crippen molar-refractivity contribution in [3.63, 3.8) is 0 Å². The summed E-state index contributed by atoms with van der Waals surface area (Å²) in [6, 6.07) is 5.95. The number of amides is 1. The van der Waals surface area contributed by atoms with E-state index in [1.807, 2.05) is 18.3 Å².